The predicted molar refractivity (Wildman–Crippen MR) is 111 cm³/mol. The first-order valence-electron chi connectivity index (χ1n) is 10.1. The lowest BCUT2D eigenvalue weighted by Crippen LogP contribution is -2.52. The predicted octanol–water partition coefficient (Wildman–Crippen LogP) is 3.89. The zero-order valence-electron chi connectivity index (χ0n) is 16.6. The molecule has 1 aliphatic heterocycles. The fourth-order valence-corrected chi connectivity index (χ4v) is 4.35. The number of carbonyl (C=O) groups is 4. The van der Waals surface area contributed by atoms with E-state index in [0.717, 1.165) is 35.0 Å². The summed E-state index contributed by atoms with van der Waals surface area (Å²) in [5, 5.41) is 2.18. The second-order valence-corrected chi connectivity index (χ2v) is 8.22. The van der Waals surface area contributed by atoms with E-state index in [1.807, 2.05) is 0 Å². The Labute approximate surface area is 183 Å². The number of hydrazine groups is 1. The van der Waals surface area contributed by atoms with Gasteiger partial charge >= 0.3 is 0 Å². The lowest BCUT2D eigenvalue weighted by Gasteiger charge is -2.30. The van der Waals surface area contributed by atoms with Crippen LogP contribution >= 0.6 is 11.6 Å². The number of carbonyl (C=O) groups excluding carboxylic acids is 4. The summed E-state index contributed by atoms with van der Waals surface area (Å²) in [6.07, 6.45) is 2.85. The number of hydrogen-bond donors (Lipinski definition) is 0. The summed E-state index contributed by atoms with van der Waals surface area (Å²) >= 11 is 5.90. The smallest absolute Gasteiger partial charge is 0.273 e. The van der Waals surface area contributed by atoms with Crippen molar-refractivity contribution < 1.29 is 23.6 Å². The average Bonchev–Trinajstić information content (AvgIpc) is 3.03. The fourth-order valence-electron chi connectivity index (χ4n) is 4.22. The third-order valence-electron chi connectivity index (χ3n) is 5.84. The van der Waals surface area contributed by atoms with Crippen molar-refractivity contribution in [3.63, 3.8) is 0 Å². The van der Waals surface area contributed by atoms with Crippen LogP contribution in [0, 0.1) is 17.7 Å². The summed E-state index contributed by atoms with van der Waals surface area (Å²) < 4.78 is 13.2. The Kier molecular flexibility index (Phi) is 5.87. The molecular formula is C23H20ClFN2O4. The molecule has 8 heteroatoms. The molecule has 2 aromatic rings. The van der Waals surface area contributed by atoms with Crippen LogP contribution in [-0.2, 0) is 9.59 Å². The topological polar surface area (TPSA) is 74.8 Å². The van der Waals surface area contributed by atoms with Crippen LogP contribution < -0.4 is 0 Å². The van der Waals surface area contributed by atoms with Gasteiger partial charge in [0.05, 0.1) is 11.8 Å². The molecule has 31 heavy (non-hydrogen) atoms. The highest BCUT2D eigenvalue weighted by atomic mass is 35.5. The SMILES string of the molecule is O=C(CN(C(=O)c1ccc(Cl)cc1)N1C(=O)[C@H]2CCCC[C@H]2C1=O)c1ccc(F)cc1. The monoisotopic (exact) mass is 442 g/mol. The number of nitrogens with zero attached hydrogens (tertiary/aromatic N) is 2. The van der Waals surface area contributed by atoms with Crippen LogP contribution in [0.3, 0.4) is 0 Å². The van der Waals surface area contributed by atoms with Crippen LogP contribution in [0.2, 0.25) is 5.02 Å². The van der Waals surface area contributed by atoms with Gasteiger partial charge in [0.1, 0.15) is 12.4 Å². The molecule has 0 aromatic heterocycles. The summed E-state index contributed by atoms with van der Waals surface area (Å²) in [5.41, 5.74) is 0.360. The van der Waals surface area contributed by atoms with Crippen LogP contribution in [0.15, 0.2) is 48.5 Å². The molecule has 0 spiro atoms. The van der Waals surface area contributed by atoms with Gasteiger partial charge in [-0.1, -0.05) is 24.4 Å². The van der Waals surface area contributed by atoms with Crippen molar-refractivity contribution in [3.05, 3.63) is 70.5 Å². The highest BCUT2D eigenvalue weighted by molar-refractivity contribution is 6.30. The summed E-state index contributed by atoms with van der Waals surface area (Å²) in [6.45, 7) is -0.524. The van der Waals surface area contributed by atoms with Crippen molar-refractivity contribution in [2.24, 2.45) is 11.8 Å². The van der Waals surface area contributed by atoms with Crippen molar-refractivity contribution in [1.82, 2.24) is 10.0 Å². The zero-order valence-corrected chi connectivity index (χ0v) is 17.3. The molecule has 2 aromatic carbocycles. The molecule has 1 saturated carbocycles. The van der Waals surface area contributed by atoms with Crippen LogP contribution in [0.5, 0.6) is 0 Å². The Hall–Kier alpha value is -3.06. The fraction of sp³-hybridized carbons (Fsp3) is 0.304. The number of halogens is 2. The molecule has 6 nitrogen and oxygen atoms in total. The van der Waals surface area contributed by atoms with Gasteiger partial charge in [-0.25, -0.2) is 9.40 Å². The van der Waals surface area contributed by atoms with Gasteiger partial charge in [0.25, 0.3) is 17.7 Å². The molecule has 0 radical (unpaired) electrons. The molecule has 1 aliphatic carbocycles. The molecule has 1 heterocycles. The molecule has 2 aliphatic rings. The first kappa shape index (κ1) is 21.2. The Morgan fingerprint density at radius 3 is 1.97 bits per heavy atom. The number of imide groups is 1. The van der Waals surface area contributed by atoms with E-state index in [2.05, 4.69) is 0 Å². The van der Waals surface area contributed by atoms with Crippen LogP contribution in [0.4, 0.5) is 4.39 Å². The Morgan fingerprint density at radius 2 is 1.42 bits per heavy atom. The number of rotatable bonds is 5. The maximum Gasteiger partial charge on any atom is 0.273 e. The molecule has 0 N–H and O–H groups in total. The van der Waals surface area contributed by atoms with Crippen molar-refractivity contribution in [3.8, 4) is 0 Å². The summed E-state index contributed by atoms with van der Waals surface area (Å²) in [4.78, 5) is 52.3. The minimum atomic E-state index is -0.660. The molecule has 2 atom stereocenters. The number of amides is 3. The van der Waals surface area contributed by atoms with Crippen LogP contribution in [0.1, 0.15) is 46.4 Å². The van der Waals surface area contributed by atoms with E-state index in [1.165, 1.54) is 36.4 Å². The third kappa shape index (κ3) is 4.10. The quantitative estimate of drug-likeness (QED) is 0.520. The number of benzene rings is 2. The van der Waals surface area contributed by atoms with Gasteiger partial charge in [0, 0.05) is 16.1 Å². The third-order valence-corrected chi connectivity index (χ3v) is 6.10. The van der Waals surface area contributed by atoms with E-state index in [1.54, 1.807) is 0 Å². The van der Waals surface area contributed by atoms with Gasteiger partial charge in [-0.3, -0.25) is 19.2 Å². The molecule has 160 valence electrons. The summed E-state index contributed by atoms with van der Waals surface area (Å²) in [6, 6.07) is 10.9. The second-order valence-electron chi connectivity index (χ2n) is 7.79. The van der Waals surface area contributed by atoms with Gasteiger partial charge in [-0.15, -0.1) is 0 Å². The summed E-state index contributed by atoms with van der Waals surface area (Å²) in [7, 11) is 0. The maximum absolute atomic E-state index is 13.3. The van der Waals surface area contributed by atoms with Gasteiger partial charge in [-0.05, 0) is 61.4 Å². The van der Waals surface area contributed by atoms with Crippen molar-refractivity contribution >= 4 is 35.1 Å². The Morgan fingerprint density at radius 1 is 0.903 bits per heavy atom. The van der Waals surface area contributed by atoms with Gasteiger partial charge in [0.15, 0.2) is 5.78 Å². The van der Waals surface area contributed by atoms with E-state index in [9.17, 15) is 23.6 Å². The largest absolute Gasteiger partial charge is 0.292 e. The second kappa shape index (κ2) is 8.59. The molecular weight excluding hydrogens is 423 g/mol. The van der Waals surface area contributed by atoms with Gasteiger partial charge in [-0.2, -0.15) is 5.01 Å². The highest BCUT2D eigenvalue weighted by Crippen LogP contribution is 2.39. The Balaban J connectivity index is 1.68. The number of Topliss-reactive ketones (excluding diaryl/α,β-unsaturated/α-hetero) is 1. The lowest BCUT2D eigenvalue weighted by atomic mass is 9.81. The van der Waals surface area contributed by atoms with Crippen molar-refractivity contribution in [2.45, 2.75) is 25.7 Å². The number of fused-ring (bicyclic) bond motifs is 1. The standard InChI is InChI=1S/C23H20ClFN2O4/c24-16-9-5-15(6-10-16)21(29)26(13-20(28)14-7-11-17(25)12-8-14)27-22(30)18-3-1-2-4-19(18)23(27)31/h5-12,18-19H,1-4,13H2/t18-,19+. The minimum Gasteiger partial charge on any atom is -0.292 e. The number of ketones is 1. The normalized spacial score (nSPS) is 20.5. The van der Waals surface area contributed by atoms with E-state index in [-0.39, 0.29) is 11.1 Å². The van der Waals surface area contributed by atoms with Crippen LogP contribution in [-0.4, -0.2) is 40.1 Å². The van der Waals surface area contributed by atoms with E-state index < -0.39 is 47.7 Å². The average molecular weight is 443 g/mol. The van der Waals surface area contributed by atoms with Gasteiger partial charge < -0.3 is 0 Å². The molecule has 1 saturated heterocycles. The van der Waals surface area contributed by atoms with Crippen molar-refractivity contribution in [2.75, 3.05) is 6.54 Å². The van der Waals surface area contributed by atoms with Gasteiger partial charge in [0.2, 0.25) is 0 Å². The Bertz CT molecular complexity index is 1010. The minimum absolute atomic E-state index is 0.173. The first-order chi connectivity index (χ1) is 14.9. The summed E-state index contributed by atoms with van der Waals surface area (Å²) in [5.74, 6) is -3.52. The van der Waals surface area contributed by atoms with E-state index in [4.69, 9.17) is 11.6 Å². The van der Waals surface area contributed by atoms with Crippen molar-refractivity contribution in [1.29, 1.82) is 0 Å². The first-order valence-corrected chi connectivity index (χ1v) is 10.5. The maximum atomic E-state index is 13.3. The van der Waals surface area contributed by atoms with E-state index >= 15 is 0 Å². The van der Waals surface area contributed by atoms with Crippen LogP contribution in [0.25, 0.3) is 0 Å². The highest BCUT2D eigenvalue weighted by Gasteiger charge is 2.51. The number of hydrogen-bond acceptors (Lipinski definition) is 4. The molecule has 2 fully saturated rings. The van der Waals surface area contributed by atoms with E-state index in [0.29, 0.717) is 17.9 Å². The zero-order chi connectivity index (χ0) is 22.1. The molecule has 0 unspecified atom stereocenters. The lowest BCUT2D eigenvalue weighted by molar-refractivity contribution is -0.154. The molecule has 4 rings (SSSR count). The molecule has 3 amide bonds. The molecule has 0 bridgehead atoms.